The molecule has 6 heteroatoms. The molecule has 1 aliphatic heterocycles. The summed E-state index contributed by atoms with van der Waals surface area (Å²) in [5.74, 6) is 0.652. The zero-order chi connectivity index (χ0) is 15.4. The molecule has 6 nitrogen and oxygen atoms in total. The fourth-order valence-electron chi connectivity index (χ4n) is 2.33. The number of rotatable bonds is 5. The molecule has 0 radical (unpaired) electrons. The van der Waals surface area contributed by atoms with Crippen molar-refractivity contribution in [2.75, 3.05) is 38.8 Å². The van der Waals surface area contributed by atoms with E-state index in [1.807, 2.05) is 4.90 Å². The molecule has 0 aromatic heterocycles. The Morgan fingerprint density at radius 2 is 1.95 bits per heavy atom. The van der Waals surface area contributed by atoms with Gasteiger partial charge in [0.2, 0.25) is 0 Å². The maximum absolute atomic E-state index is 12.0. The van der Waals surface area contributed by atoms with E-state index in [1.54, 1.807) is 19.1 Å². The number of ketones is 1. The third-order valence-corrected chi connectivity index (χ3v) is 3.36. The molecule has 1 heterocycles. The molecule has 114 valence electrons. The van der Waals surface area contributed by atoms with E-state index in [9.17, 15) is 9.59 Å². The average molecular weight is 293 g/mol. The predicted molar refractivity (Wildman–Crippen MR) is 77.3 cm³/mol. The molecule has 2 rings (SSSR count). The summed E-state index contributed by atoms with van der Waals surface area (Å²) in [4.78, 5) is 25.3. The van der Waals surface area contributed by atoms with Gasteiger partial charge in [-0.3, -0.25) is 4.79 Å². The van der Waals surface area contributed by atoms with Crippen LogP contribution in [0, 0.1) is 0 Å². The normalized spacial score (nSPS) is 14.2. The summed E-state index contributed by atoms with van der Waals surface area (Å²) in [6, 6.07) is 3.30. The lowest BCUT2D eigenvalue weighted by Crippen LogP contribution is -2.21. The van der Waals surface area contributed by atoms with Crippen molar-refractivity contribution in [2.45, 2.75) is 13.3 Å². The number of nitrogens with zero attached hydrogens (tertiary/aromatic N) is 1. The van der Waals surface area contributed by atoms with E-state index in [4.69, 9.17) is 14.2 Å². The Morgan fingerprint density at radius 1 is 1.24 bits per heavy atom. The molecular weight excluding hydrogens is 274 g/mol. The number of carbonyl (C=O) groups excluding carboxylic acids is 2. The molecule has 0 atom stereocenters. The topological polar surface area (TPSA) is 65.1 Å². The van der Waals surface area contributed by atoms with Gasteiger partial charge in [-0.25, -0.2) is 4.79 Å². The lowest BCUT2D eigenvalue weighted by molar-refractivity contribution is -0.116. The van der Waals surface area contributed by atoms with Gasteiger partial charge in [-0.15, -0.1) is 0 Å². The highest BCUT2D eigenvalue weighted by Gasteiger charge is 2.25. The number of benzene rings is 1. The lowest BCUT2D eigenvalue weighted by atomic mass is 10.1. The van der Waals surface area contributed by atoms with Crippen molar-refractivity contribution in [3.05, 3.63) is 17.7 Å². The van der Waals surface area contributed by atoms with E-state index >= 15 is 0 Å². The molecule has 1 aromatic rings. The zero-order valence-electron chi connectivity index (χ0n) is 12.5. The number of ether oxygens (including phenoxy) is 3. The average Bonchev–Trinajstić information content (AvgIpc) is 2.92. The van der Waals surface area contributed by atoms with Gasteiger partial charge in [-0.05, 0) is 6.92 Å². The van der Waals surface area contributed by atoms with Crippen LogP contribution < -0.4 is 14.4 Å². The van der Waals surface area contributed by atoms with E-state index < -0.39 is 5.97 Å². The third-order valence-electron chi connectivity index (χ3n) is 3.36. The number of hydrogen-bond donors (Lipinski definition) is 0. The second kappa shape index (κ2) is 6.47. The van der Waals surface area contributed by atoms with Crippen molar-refractivity contribution in [3.8, 4) is 11.5 Å². The lowest BCUT2D eigenvalue weighted by Gasteiger charge is -2.21. The summed E-state index contributed by atoms with van der Waals surface area (Å²) >= 11 is 0. The Labute approximate surface area is 123 Å². The number of methoxy groups -OCH3 is 2. The van der Waals surface area contributed by atoms with Crippen molar-refractivity contribution in [2.24, 2.45) is 0 Å². The minimum absolute atomic E-state index is 0.186. The van der Waals surface area contributed by atoms with Crippen LogP contribution in [0.5, 0.6) is 11.5 Å². The molecule has 1 aliphatic rings. The Bertz CT molecular complexity index is 555. The maximum atomic E-state index is 12.0. The molecule has 0 bridgehead atoms. The van der Waals surface area contributed by atoms with Crippen LogP contribution in [0.15, 0.2) is 12.1 Å². The molecule has 0 amide bonds. The Balaban J connectivity index is 2.43. The second-order valence-corrected chi connectivity index (χ2v) is 4.66. The van der Waals surface area contributed by atoms with Crippen LogP contribution >= 0.6 is 0 Å². The van der Waals surface area contributed by atoms with Crippen LogP contribution in [-0.2, 0) is 9.53 Å². The Morgan fingerprint density at radius 3 is 2.48 bits per heavy atom. The molecule has 1 saturated heterocycles. The number of esters is 1. The molecule has 1 fully saturated rings. The molecule has 0 aliphatic carbocycles. The minimum atomic E-state index is -0.461. The summed E-state index contributed by atoms with van der Waals surface area (Å²) in [5.41, 5.74) is 1.05. The van der Waals surface area contributed by atoms with Gasteiger partial charge < -0.3 is 19.1 Å². The van der Waals surface area contributed by atoms with Gasteiger partial charge >= 0.3 is 5.97 Å². The van der Waals surface area contributed by atoms with Crippen LogP contribution in [0.4, 0.5) is 5.69 Å². The number of Topliss-reactive ketones (excluding diaryl/α,β-unsaturated/α-hetero) is 1. The highest BCUT2D eigenvalue weighted by molar-refractivity contribution is 5.95. The first kappa shape index (κ1) is 15.2. The van der Waals surface area contributed by atoms with Crippen molar-refractivity contribution in [1.29, 1.82) is 0 Å². The van der Waals surface area contributed by atoms with Gasteiger partial charge in [0.25, 0.3) is 0 Å². The first-order chi connectivity index (χ1) is 10.1. The van der Waals surface area contributed by atoms with E-state index in [0.717, 1.165) is 5.69 Å². The number of carbonyl (C=O) groups is 2. The summed E-state index contributed by atoms with van der Waals surface area (Å²) in [6.07, 6.45) is 0.519. The molecule has 0 unspecified atom stereocenters. The van der Waals surface area contributed by atoms with E-state index in [2.05, 4.69) is 0 Å². The van der Waals surface area contributed by atoms with Gasteiger partial charge in [0, 0.05) is 25.1 Å². The maximum Gasteiger partial charge on any atom is 0.342 e. The van der Waals surface area contributed by atoms with Gasteiger partial charge in [-0.2, -0.15) is 0 Å². The highest BCUT2D eigenvalue weighted by Crippen LogP contribution is 2.37. The van der Waals surface area contributed by atoms with Crippen LogP contribution in [-0.4, -0.2) is 45.7 Å². The Hall–Kier alpha value is -2.24. The van der Waals surface area contributed by atoms with Crippen LogP contribution in [0.3, 0.4) is 0 Å². The fourth-order valence-corrected chi connectivity index (χ4v) is 2.33. The molecule has 1 aromatic carbocycles. The SMILES string of the molecule is CCOC(=O)c1cc(OC)c(N2CCC(=O)C2)cc1OC. The zero-order valence-corrected chi connectivity index (χ0v) is 12.5. The standard InChI is InChI=1S/C15H19NO5/c1-4-21-15(18)11-7-14(20-3)12(8-13(11)19-2)16-6-5-10(17)9-16/h7-8H,4-6,9H2,1-3H3. The summed E-state index contributed by atoms with van der Waals surface area (Å²) in [7, 11) is 3.02. The van der Waals surface area contributed by atoms with Gasteiger partial charge in [0.1, 0.15) is 17.1 Å². The van der Waals surface area contributed by atoms with Gasteiger partial charge in [-0.1, -0.05) is 0 Å². The van der Waals surface area contributed by atoms with Crippen LogP contribution in [0.2, 0.25) is 0 Å². The predicted octanol–water partition coefficient (Wildman–Crippen LogP) is 1.66. The first-order valence-corrected chi connectivity index (χ1v) is 6.80. The summed E-state index contributed by atoms with van der Waals surface area (Å²) < 4.78 is 15.6. The smallest absolute Gasteiger partial charge is 0.342 e. The minimum Gasteiger partial charge on any atom is -0.496 e. The summed E-state index contributed by atoms with van der Waals surface area (Å²) in [6.45, 7) is 3.01. The highest BCUT2D eigenvalue weighted by atomic mass is 16.5. The quantitative estimate of drug-likeness (QED) is 0.769. The van der Waals surface area contributed by atoms with Crippen molar-refractivity contribution < 1.29 is 23.8 Å². The van der Waals surface area contributed by atoms with Crippen LogP contribution in [0.1, 0.15) is 23.7 Å². The van der Waals surface area contributed by atoms with Gasteiger partial charge in [0.15, 0.2) is 5.78 Å². The first-order valence-electron chi connectivity index (χ1n) is 6.80. The molecule has 0 N–H and O–H groups in total. The van der Waals surface area contributed by atoms with Crippen molar-refractivity contribution in [3.63, 3.8) is 0 Å². The molecule has 0 spiro atoms. The second-order valence-electron chi connectivity index (χ2n) is 4.66. The number of anilines is 1. The van der Waals surface area contributed by atoms with E-state index in [-0.39, 0.29) is 12.4 Å². The molecule has 21 heavy (non-hydrogen) atoms. The largest absolute Gasteiger partial charge is 0.496 e. The third kappa shape index (κ3) is 3.09. The van der Waals surface area contributed by atoms with Crippen molar-refractivity contribution >= 4 is 17.4 Å². The Kier molecular flexibility index (Phi) is 4.67. The summed E-state index contributed by atoms with van der Waals surface area (Å²) in [5, 5.41) is 0. The molecular formula is C15H19NO5. The van der Waals surface area contributed by atoms with Gasteiger partial charge in [0.05, 0.1) is 33.1 Å². The monoisotopic (exact) mass is 293 g/mol. The number of hydrogen-bond acceptors (Lipinski definition) is 6. The van der Waals surface area contributed by atoms with E-state index in [0.29, 0.717) is 36.6 Å². The molecule has 0 saturated carbocycles. The van der Waals surface area contributed by atoms with E-state index in [1.165, 1.54) is 14.2 Å². The van der Waals surface area contributed by atoms with Crippen molar-refractivity contribution in [1.82, 2.24) is 0 Å². The van der Waals surface area contributed by atoms with Crippen LogP contribution in [0.25, 0.3) is 0 Å². The fraction of sp³-hybridized carbons (Fsp3) is 0.467.